The highest BCUT2D eigenvalue weighted by Crippen LogP contribution is 2.39. The number of methoxy groups -OCH3 is 1. The molecule has 1 aromatic heterocycles. The maximum atomic E-state index is 11.6. The number of carbonyl (C=O) groups is 1. The minimum absolute atomic E-state index is 0.0161. The van der Waals surface area contributed by atoms with Crippen molar-refractivity contribution < 1.29 is 14.3 Å². The molecule has 1 aromatic carbocycles. The molecule has 0 saturated heterocycles. The molecule has 0 unspecified atom stereocenters. The third kappa shape index (κ3) is 4.47. The Morgan fingerprint density at radius 1 is 1.29 bits per heavy atom. The number of benzene rings is 1. The van der Waals surface area contributed by atoms with Gasteiger partial charge in [-0.1, -0.05) is 12.1 Å². The van der Waals surface area contributed by atoms with E-state index in [2.05, 4.69) is 16.7 Å². The topological polar surface area (TPSA) is 72.5 Å². The van der Waals surface area contributed by atoms with Gasteiger partial charge < -0.3 is 20.1 Å². The van der Waals surface area contributed by atoms with E-state index in [9.17, 15) is 4.79 Å². The molecule has 6 nitrogen and oxygen atoms in total. The van der Waals surface area contributed by atoms with E-state index in [-0.39, 0.29) is 18.6 Å². The van der Waals surface area contributed by atoms with E-state index in [1.165, 1.54) is 4.88 Å². The molecule has 4 rings (SSSR count). The molecule has 7 heteroatoms. The lowest BCUT2D eigenvalue weighted by atomic mass is 9.86. The van der Waals surface area contributed by atoms with E-state index in [4.69, 9.17) is 14.5 Å². The number of nitrogens with zero attached hydrogens (tertiary/aromatic N) is 1. The van der Waals surface area contributed by atoms with Crippen LogP contribution in [0.4, 0.5) is 5.13 Å². The zero-order chi connectivity index (χ0) is 19.3. The standard InChI is InChI=1S/C21H27N3O3S/c1-26-13-19(25)23-15-8-6-14(7-9-15)12-22-21-24-20-16-4-2-3-5-17(16)27-11-10-18(20)28-21/h2-5,14-15H,6-13H2,1H3,(H,22,24)(H,23,25)/t14-,15-. The molecular weight excluding hydrogens is 374 g/mol. The SMILES string of the molecule is COCC(=O)N[C@H]1CC[C@H](CNc2nc3c(s2)CCOc2ccccc2-3)CC1. The zero-order valence-corrected chi connectivity index (χ0v) is 17.0. The number of ether oxygens (including phenoxy) is 2. The average molecular weight is 402 g/mol. The van der Waals surface area contributed by atoms with Gasteiger partial charge in [0.25, 0.3) is 0 Å². The van der Waals surface area contributed by atoms with Crippen molar-refractivity contribution in [3.63, 3.8) is 0 Å². The molecule has 0 bridgehead atoms. The van der Waals surface area contributed by atoms with Crippen LogP contribution in [0.2, 0.25) is 0 Å². The van der Waals surface area contributed by atoms with Crippen molar-refractivity contribution in [1.82, 2.24) is 10.3 Å². The van der Waals surface area contributed by atoms with Crippen molar-refractivity contribution in [3.05, 3.63) is 29.1 Å². The third-order valence-electron chi connectivity index (χ3n) is 5.46. The van der Waals surface area contributed by atoms with Crippen molar-refractivity contribution in [1.29, 1.82) is 0 Å². The monoisotopic (exact) mass is 401 g/mol. The third-order valence-corrected chi connectivity index (χ3v) is 6.53. The molecular formula is C21H27N3O3S. The second-order valence-corrected chi connectivity index (χ2v) is 8.57. The highest BCUT2D eigenvalue weighted by Gasteiger charge is 2.24. The van der Waals surface area contributed by atoms with Gasteiger partial charge in [-0.2, -0.15) is 0 Å². The van der Waals surface area contributed by atoms with Crippen LogP contribution in [-0.2, 0) is 16.0 Å². The van der Waals surface area contributed by atoms with Crippen molar-refractivity contribution in [3.8, 4) is 17.0 Å². The molecule has 0 spiro atoms. The number of aromatic nitrogens is 1. The quantitative estimate of drug-likeness (QED) is 0.775. The van der Waals surface area contributed by atoms with E-state index in [1.54, 1.807) is 18.4 Å². The van der Waals surface area contributed by atoms with Crippen LogP contribution < -0.4 is 15.4 Å². The smallest absolute Gasteiger partial charge is 0.246 e. The summed E-state index contributed by atoms with van der Waals surface area (Å²) >= 11 is 1.74. The van der Waals surface area contributed by atoms with Gasteiger partial charge >= 0.3 is 0 Å². The normalized spacial score (nSPS) is 21.0. The van der Waals surface area contributed by atoms with Crippen LogP contribution >= 0.6 is 11.3 Å². The first kappa shape index (κ1) is 19.2. The minimum atomic E-state index is -0.0161. The van der Waals surface area contributed by atoms with Crippen LogP contribution in [0.25, 0.3) is 11.3 Å². The number of hydrogen-bond acceptors (Lipinski definition) is 6. The van der Waals surface area contributed by atoms with Gasteiger partial charge in [0.15, 0.2) is 5.13 Å². The summed E-state index contributed by atoms with van der Waals surface area (Å²) in [4.78, 5) is 17.8. The summed E-state index contributed by atoms with van der Waals surface area (Å²) in [6.07, 6.45) is 5.19. The van der Waals surface area contributed by atoms with Gasteiger partial charge in [0.1, 0.15) is 12.4 Å². The Hall–Kier alpha value is -2.12. The van der Waals surface area contributed by atoms with Crippen LogP contribution in [0, 0.1) is 5.92 Å². The summed E-state index contributed by atoms with van der Waals surface area (Å²) < 4.78 is 10.7. The lowest BCUT2D eigenvalue weighted by Gasteiger charge is -2.29. The lowest BCUT2D eigenvalue weighted by molar-refractivity contribution is -0.125. The van der Waals surface area contributed by atoms with E-state index in [0.29, 0.717) is 12.5 Å². The van der Waals surface area contributed by atoms with E-state index in [1.807, 2.05) is 18.2 Å². The molecule has 1 aliphatic carbocycles. The van der Waals surface area contributed by atoms with Crippen molar-refractivity contribution in [2.75, 3.05) is 32.2 Å². The highest BCUT2D eigenvalue weighted by molar-refractivity contribution is 7.16. The fraction of sp³-hybridized carbons (Fsp3) is 0.524. The number of rotatable bonds is 6. The molecule has 1 saturated carbocycles. The van der Waals surface area contributed by atoms with Gasteiger partial charge in [-0.15, -0.1) is 11.3 Å². The number of hydrogen-bond donors (Lipinski definition) is 2. The Bertz CT molecular complexity index is 815. The second-order valence-electron chi connectivity index (χ2n) is 7.48. The average Bonchev–Trinajstić information content (AvgIpc) is 3.03. The summed E-state index contributed by atoms with van der Waals surface area (Å²) in [5, 5.41) is 7.61. The minimum Gasteiger partial charge on any atom is -0.493 e. The highest BCUT2D eigenvalue weighted by atomic mass is 32.1. The van der Waals surface area contributed by atoms with Crippen LogP contribution in [0.3, 0.4) is 0 Å². The Labute approximate surface area is 169 Å². The number of thiazole rings is 1. The summed E-state index contributed by atoms with van der Waals surface area (Å²) in [6.45, 7) is 1.78. The summed E-state index contributed by atoms with van der Waals surface area (Å²) in [5.41, 5.74) is 2.15. The van der Waals surface area contributed by atoms with Gasteiger partial charge in [-0.05, 0) is 43.7 Å². The molecule has 0 atom stereocenters. The maximum Gasteiger partial charge on any atom is 0.246 e. The molecule has 2 heterocycles. The molecule has 2 aromatic rings. The molecule has 1 fully saturated rings. The van der Waals surface area contributed by atoms with Crippen LogP contribution in [-0.4, -0.2) is 43.8 Å². The Kier molecular flexibility index (Phi) is 6.12. The van der Waals surface area contributed by atoms with Gasteiger partial charge in [0.2, 0.25) is 5.91 Å². The first-order chi connectivity index (χ1) is 13.7. The van der Waals surface area contributed by atoms with Gasteiger partial charge in [0, 0.05) is 36.6 Å². The first-order valence-corrected chi connectivity index (χ1v) is 10.8. The zero-order valence-electron chi connectivity index (χ0n) is 16.2. The van der Waals surface area contributed by atoms with E-state index in [0.717, 1.165) is 60.8 Å². The largest absolute Gasteiger partial charge is 0.493 e. The fourth-order valence-corrected chi connectivity index (χ4v) is 4.96. The summed E-state index contributed by atoms with van der Waals surface area (Å²) in [5.74, 6) is 1.53. The Morgan fingerprint density at radius 2 is 2.11 bits per heavy atom. The van der Waals surface area contributed by atoms with Gasteiger partial charge in [-0.25, -0.2) is 4.98 Å². The number of amides is 1. The first-order valence-electron chi connectivity index (χ1n) is 9.97. The molecule has 28 heavy (non-hydrogen) atoms. The fourth-order valence-electron chi connectivity index (χ4n) is 3.99. The molecule has 1 amide bonds. The maximum absolute atomic E-state index is 11.6. The predicted molar refractivity (Wildman–Crippen MR) is 111 cm³/mol. The van der Waals surface area contributed by atoms with Crippen LogP contribution in [0.1, 0.15) is 30.6 Å². The predicted octanol–water partition coefficient (Wildman–Crippen LogP) is 3.48. The van der Waals surface area contributed by atoms with E-state index >= 15 is 0 Å². The molecule has 1 aliphatic heterocycles. The summed E-state index contributed by atoms with van der Waals surface area (Å²) in [6, 6.07) is 8.42. The number of fused-ring (bicyclic) bond motifs is 3. The molecule has 0 radical (unpaired) electrons. The Balaban J connectivity index is 1.31. The number of nitrogens with one attached hydrogen (secondary N) is 2. The molecule has 150 valence electrons. The van der Waals surface area contributed by atoms with E-state index < -0.39 is 0 Å². The van der Waals surface area contributed by atoms with Crippen molar-refractivity contribution in [2.45, 2.75) is 38.1 Å². The molecule has 2 N–H and O–H groups in total. The van der Waals surface area contributed by atoms with Gasteiger partial charge in [0.05, 0.1) is 12.3 Å². The van der Waals surface area contributed by atoms with Gasteiger partial charge in [-0.3, -0.25) is 4.79 Å². The number of para-hydroxylation sites is 1. The van der Waals surface area contributed by atoms with Crippen molar-refractivity contribution in [2.24, 2.45) is 5.92 Å². The number of carbonyl (C=O) groups excluding carboxylic acids is 1. The molecule has 2 aliphatic rings. The van der Waals surface area contributed by atoms with Crippen molar-refractivity contribution >= 4 is 22.4 Å². The van der Waals surface area contributed by atoms with Crippen LogP contribution in [0.5, 0.6) is 5.75 Å². The second kappa shape index (κ2) is 8.92. The Morgan fingerprint density at radius 3 is 2.93 bits per heavy atom. The van der Waals surface area contributed by atoms with Crippen LogP contribution in [0.15, 0.2) is 24.3 Å². The lowest BCUT2D eigenvalue weighted by Crippen LogP contribution is -2.40. The number of anilines is 1. The summed E-state index contributed by atoms with van der Waals surface area (Å²) in [7, 11) is 1.55.